The zero-order valence-electron chi connectivity index (χ0n) is 22.2. The van der Waals surface area contributed by atoms with Gasteiger partial charge in [0, 0.05) is 79.9 Å². The number of allylic oxidation sites excluding steroid dienone is 1. The number of rotatable bonds is 6. The quantitative estimate of drug-likeness (QED) is 0.460. The topological polar surface area (TPSA) is 62.0 Å². The number of hydrogen-bond acceptors (Lipinski definition) is 7. The van der Waals surface area contributed by atoms with Crippen molar-refractivity contribution in [3.63, 3.8) is 0 Å². The molecular weight excluding hydrogens is 469 g/mol. The number of fused-ring (bicyclic) bond motifs is 1. The number of halogens is 1. The molecule has 1 atom stereocenters. The number of likely N-dealkylation sites (N-methyl/N-ethyl adjacent to an activating group) is 1. The molecule has 1 unspecified atom stereocenters. The van der Waals surface area contributed by atoms with Crippen molar-refractivity contribution in [1.82, 2.24) is 29.5 Å². The van der Waals surface area contributed by atoms with Crippen molar-refractivity contribution < 1.29 is 9.13 Å². The minimum absolute atomic E-state index is 0.173. The minimum Gasteiger partial charge on any atom is -0.494 e. The Labute approximate surface area is 218 Å². The summed E-state index contributed by atoms with van der Waals surface area (Å²) in [7, 11) is 3.67. The van der Waals surface area contributed by atoms with Gasteiger partial charge in [-0.3, -0.25) is 9.88 Å². The molecule has 2 fully saturated rings. The summed E-state index contributed by atoms with van der Waals surface area (Å²) in [6.45, 7) is 13.8. The number of nitrogens with zero attached hydrogens (tertiary/aromatic N) is 7. The zero-order chi connectivity index (χ0) is 26.1. The molecule has 2 aliphatic heterocycles. The highest BCUT2D eigenvalue weighted by Crippen LogP contribution is 2.37. The molecule has 0 aliphatic carbocycles. The Hall–Kier alpha value is -3.30. The first kappa shape index (κ1) is 25.4. The minimum atomic E-state index is -0.443. The molecule has 2 aromatic heterocycles. The highest BCUT2D eigenvalue weighted by molar-refractivity contribution is 5.97. The summed E-state index contributed by atoms with van der Waals surface area (Å²) in [5, 5.41) is 5.38. The maximum Gasteiger partial charge on any atom is 0.167 e. The summed E-state index contributed by atoms with van der Waals surface area (Å²) in [6, 6.07) is 6.20. The number of hydrogen-bond donors (Lipinski definition) is 0. The lowest BCUT2D eigenvalue weighted by molar-refractivity contribution is 0.0355. The van der Waals surface area contributed by atoms with E-state index in [-0.39, 0.29) is 5.75 Å². The molecule has 0 saturated carbocycles. The van der Waals surface area contributed by atoms with Crippen LogP contribution < -0.4 is 4.74 Å². The fourth-order valence-corrected chi connectivity index (χ4v) is 5.84. The van der Waals surface area contributed by atoms with Gasteiger partial charge >= 0.3 is 0 Å². The van der Waals surface area contributed by atoms with Crippen molar-refractivity contribution in [2.45, 2.75) is 38.8 Å². The van der Waals surface area contributed by atoms with Gasteiger partial charge in [0.25, 0.3) is 0 Å². The van der Waals surface area contributed by atoms with E-state index < -0.39 is 5.82 Å². The molecule has 0 spiro atoms. The number of methoxy groups -OCH3 is 1. The SMILES string of the molecule is C=Nc1c(-c2ccnc3cc(F)c(OC)cc23)cnn1/C=C(\C)N1CCC(N2CCN(C)CC2C)CC1. The van der Waals surface area contributed by atoms with E-state index in [0.29, 0.717) is 23.4 Å². The Morgan fingerprint density at radius 2 is 1.97 bits per heavy atom. The van der Waals surface area contributed by atoms with Gasteiger partial charge in [0.15, 0.2) is 17.4 Å². The van der Waals surface area contributed by atoms with Crippen molar-refractivity contribution in [2.24, 2.45) is 4.99 Å². The number of ether oxygens (including phenoxy) is 1. The number of pyridine rings is 1. The lowest BCUT2D eigenvalue weighted by Crippen LogP contribution is -2.56. The molecule has 0 amide bonds. The Bertz CT molecular complexity index is 1310. The predicted molar refractivity (Wildman–Crippen MR) is 147 cm³/mol. The van der Waals surface area contributed by atoms with Gasteiger partial charge in [-0.05, 0) is 58.2 Å². The number of likely N-dealkylation sites (tertiary alicyclic amines) is 1. The first-order valence-corrected chi connectivity index (χ1v) is 12.9. The average Bonchev–Trinajstić information content (AvgIpc) is 3.30. The number of benzene rings is 1. The summed E-state index contributed by atoms with van der Waals surface area (Å²) in [6.07, 6.45) is 7.80. The number of aromatic nitrogens is 3. The van der Waals surface area contributed by atoms with Crippen molar-refractivity contribution >= 4 is 29.6 Å². The van der Waals surface area contributed by atoms with Crippen molar-refractivity contribution in [3.8, 4) is 16.9 Å². The molecule has 2 aliphatic rings. The van der Waals surface area contributed by atoms with Crippen LogP contribution >= 0.6 is 0 Å². The van der Waals surface area contributed by atoms with E-state index in [1.54, 1.807) is 23.1 Å². The van der Waals surface area contributed by atoms with E-state index in [4.69, 9.17) is 4.74 Å². The van der Waals surface area contributed by atoms with Gasteiger partial charge < -0.3 is 14.5 Å². The monoisotopic (exact) mass is 505 g/mol. The third kappa shape index (κ3) is 4.98. The summed E-state index contributed by atoms with van der Waals surface area (Å²) < 4.78 is 21.2. The number of aliphatic imine (C=N–C) groups is 1. The normalized spacial score (nSPS) is 20.5. The third-order valence-electron chi connectivity index (χ3n) is 7.85. The maximum absolute atomic E-state index is 14.3. The van der Waals surface area contributed by atoms with Crippen molar-refractivity contribution in [1.29, 1.82) is 0 Å². The summed E-state index contributed by atoms with van der Waals surface area (Å²) in [4.78, 5) is 16.2. The van der Waals surface area contributed by atoms with Gasteiger partial charge in [0.1, 0.15) is 0 Å². The Morgan fingerprint density at radius 1 is 1.19 bits per heavy atom. The fourth-order valence-electron chi connectivity index (χ4n) is 5.84. The lowest BCUT2D eigenvalue weighted by atomic mass is 9.99. The van der Waals surface area contributed by atoms with Crippen LogP contribution in [0.15, 0.2) is 41.3 Å². The molecule has 0 radical (unpaired) electrons. The van der Waals surface area contributed by atoms with Gasteiger partial charge in [0.2, 0.25) is 0 Å². The van der Waals surface area contributed by atoms with Gasteiger partial charge in [-0.2, -0.15) is 5.10 Å². The molecule has 9 heteroatoms. The van der Waals surface area contributed by atoms with Crippen LogP contribution in [-0.4, -0.2) is 95.1 Å². The van der Waals surface area contributed by atoms with E-state index in [0.717, 1.165) is 67.8 Å². The summed E-state index contributed by atoms with van der Waals surface area (Å²) >= 11 is 0. The second-order valence-corrected chi connectivity index (χ2v) is 10.2. The van der Waals surface area contributed by atoms with E-state index in [1.807, 2.05) is 12.3 Å². The van der Waals surface area contributed by atoms with Crippen LogP contribution in [0.25, 0.3) is 28.2 Å². The second kappa shape index (κ2) is 10.6. The molecule has 196 valence electrons. The van der Waals surface area contributed by atoms with Gasteiger partial charge in [-0.15, -0.1) is 0 Å². The number of piperazine rings is 1. The Morgan fingerprint density at radius 3 is 2.68 bits per heavy atom. The third-order valence-corrected chi connectivity index (χ3v) is 7.85. The average molecular weight is 506 g/mol. The van der Waals surface area contributed by atoms with Crippen LogP contribution in [0.5, 0.6) is 5.75 Å². The van der Waals surface area contributed by atoms with Crippen LogP contribution in [0.2, 0.25) is 0 Å². The van der Waals surface area contributed by atoms with Crippen LogP contribution in [0.3, 0.4) is 0 Å². The van der Waals surface area contributed by atoms with Crippen LogP contribution in [0, 0.1) is 5.82 Å². The molecule has 4 heterocycles. The van der Waals surface area contributed by atoms with Crippen LogP contribution in [0.1, 0.15) is 26.7 Å². The largest absolute Gasteiger partial charge is 0.494 e. The maximum atomic E-state index is 14.3. The molecule has 37 heavy (non-hydrogen) atoms. The molecule has 0 N–H and O–H groups in total. The standard InChI is InChI=1S/C28H36FN7O/c1-19(34-10-7-21(8-11-34)35-13-12-33(4)17-20(35)2)18-36-28(30-3)24(16-32-36)22-6-9-31-26-15-25(29)27(37-5)14-23(22)26/h6,9,14-16,18,20-21H,3,7-8,10-13,17H2,1-2,4-5H3/b19-18+. The van der Waals surface area contributed by atoms with Crippen LogP contribution in [0.4, 0.5) is 10.2 Å². The van der Waals surface area contributed by atoms with Crippen LogP contribution in [-0.2, 0) is 0 Å². The molecular formula is C28H36FN7O. The molecule has 3 aromatic rings. The lowest BCUT2D eigenvalue weighted by Gasteiger charge is -2.46. The summed E-state index contributed by atoms with van der Waals surface area (Å²) in [5.74, 6) is 0.366. The number of piperidine rings is 1. The zero-order valence-corrected chi connectivity index (χ0v) is 22.2. The Balaban J connectivity index is 1.36. The van der Waals surface area contributed by atoms with Gasteiger partial charge in [-0.1, -0.05) is 0 Å². The fraction of sp³-hybridized carbons (Fsp3) is 0.464. The van der Waals surface area contributed by atoms with Gasteiger partial charge in [0.05, 0.1) is 18.8 Å². The highest BCUT2D eigenvalue weighted by Gasteiger charge is 2.30. The summed E-state index contributed by atoms with van der Waals surface area (Å²) in [5.41, 5.74) is 3.35. The van der Waals surface area contributed by atoms with E-state index in [9.17, 15) is 4.39 Å². The highest BCUT2D eigenvalue weighted by atomic mass is 19.1. The second-order valence-electron chi connectivity index (χ2n) is 10.2. The molecule has 5 rings (SSSR count). The van der Waals surface area contributed by atoms with Crippen molar-refractivity contribution in [2.75, 3.05) is 46.9 Å². The van der Waals surface area contributed by atoms with E-state index in [1.165, 1.54) is 13.2 Å². The predicted octanol–water partition coefficient (Wildman–Crippen LogP) is 4.50. The molecule has 2 saturated heterocycles. The molecule has 8 nitrogen and oxygen atoms in total. The first-order valence-electron chi connectivity index (χ1n) is 12.9. The Kier molecular flexibility index (Phi) is 7.26. The van der Waals surface area contributed by atoms with Crippen molar-refractivity contribution in [3.05, 3.63) is 42.1 Å². The first-order chi connectivity index (χ1) is 17.9. The smallest absolute Gasteiger partial charge is 0.167 e. The van der Waals surface area contributed by atoms with E-state index >= 15 is 0 Å². The molecule has 1 aromatic carbocycles. The van der Waals surface area contributed by atoms with Gasteiger partial charge in [-0.25, -0.2) is 14.1 Å². The molecule has 0 bridgehead atoms. The van der Waals surface area contributed by atoms with E-state index in [2.05, 4.69) is 57.4 Å².